The number of carbonyl (C=O) groups excluding carboxylic acids is 2. The summed E-state index contributed by atoms with van der Waals surface area (Å²) in [4.78, 5) is 25.2. The van der Waals surface area contributed by atoms with Gasteiger partial charge in [0, 0.05) is 6.54 Å². The molecule has 0 aliphatic carbocycles. The fourth-order valence-electron chi connectivity index (χ4n) is 2.09. The molecule has 0 unspecified atom stereocenters. The minimum atomic E-state index is -1.05. The fraction of sp³-hybridized carbons (Fsp3) is 0.385. The molecule has 0 saturated heterocycles. The van der Waals surface area contributed by atoms with Crippen molar-refractivity contribution in [2.45, 2.75) is 26.0 Å². The minimum Gasteiger partial charge on any atom is -0.476 e. The van der Waals surface area contributed by atoms with Gasteiger partial charge in [-0.2, -0.15) is 0 Å². The lowest BCUT2D eigenvalue weighted by Crippen LogP contribution is -2.55. The third-order valence-electron chi connectivity index (χ3n) is 3.14. The topological polar surface area (TPSA) is 111 Å². The third-order valence-corrected chi connectivity index (χ3v) is 3.14. The van der Waals surface area contributed by atoms with Gasteiger partial charge in [-0.3, -0.25) is 19.9 Å². The van der Waals surface area contributed by atoms with Crippen LogP contribution in [-0.2, 0) is 16.1 Å². The molecule has 2 amide bonds. The molecule has 0 aromatic heterocycles. The van der Waals surface area contributed by atoms with E-state index < -0.39 is 11.5 Å². The van der Waals surface area contributed by atoms with Crippen LogP contribution >= 0.6 is 0 Å². The summed E-state index contributed by atoms with van der Waals surface area (Å²) in [6.45, 7) is 3.52. The van der Waals surface area contributed by atoms with Crippen LogP contribution in [0.15, 0.2) is 18.2 Å². The second kappa shape index (κ2) is 5.10. The summed E-state index contributed by atoms with van der Waals surface area (Å²) >= 11 is 0. The van der Waals surface area contributed by atoms with E-state index in [4.69, 9.17) is 16.3 Å². The predicted molar refractivity (Wildman–Crippen MR) is 73.7 cm³/mol. The molecule has 7 nitrogen and oxygen atoms in total. The first-order valence-electron chi connectivity index (χ1n) is 6.22. The van der Waals surface area contributed by atoms with Crippen molar-refractivity contribution in [3.05, 3.63) is 23.8 Å². The van der Waals surface area contributed by atoms with Gasteiger partial charge >= 0.3 is 0 Å². The summed E-state index contributed by atoms with van der Waals surface area (Å²) in [5.74, 6) is 4.86. The minimum absolute atomic E-state index is 0.156. The first kappa shape index (κ1) is 14.3. The van der Waals surface area contributed by atoms with Crippen molar-refractivity contribution in [3.63, 3.8) is 0 Å². The van der Waals surface area contributed by atoms with Gasteiger partial charge in [0.2, 0.25) is 0 Å². The molecule has 0 atom stereocenters. The van der Waals surface area contributed by atoms with Gasteiger partial charge in [0.25, 0.3) is 11.8 Å². The largest absolute Gasteiger partial charge is 0.476 e. The number of carbonyl (C=O) groups is 2. The molecule has 1 aromatic carbocycles. The van der Waals surface area contributed by atoms with Gasteiger partial charge in [0.05, 0.1) is 5.69 Å². The average molecular weight is 278 g/mol. The molecule has 1 aliphatic rings. The first-order valence-corrected chi connectivity index (χ1v) is 6.22. The van der Waals surface area contributed by atoms with E-state index in [1.165, 1.54) is 4.90 Å². The summed E-state index contributed by atoms with van der Waals surface area (Å²) in [7, 11) is 0. The molecule has 0 fully saturated rings. The van der Waals surface area contributed by atoms with E-state index >= 15 is 0 Å². The van der Waals surface area contributed by atoms with Crippen LogP contribution in [0.2, 0.25) is 0 Å². The second-order valence-corrected chi connectivity index (χ2v) is 5.08. The number of hydrogen-bond acceptors (Lipinski definition) is 5. The van der Waals surface area contributed by atoms with E-state index in [2.05, 4.69) is 0 Å². The van der Waals surface area contributed by atoms with Crippen LogP contribution in [0.1, 0.15) is 19.4 Å². The van der Waals surface area contributed by atoms with Crippen LogP contribution in [-0.4, -0.2) is 24.0 Å². The van der Waals surface area contributed by atoms with Gasteiger partial charge in [0.1, 0.15) is 12.3 Å². The third kappa shape index (κ3) is 2.45. The number of hydrogen-bond donors (Lipinski definition) is 3. The van der Waals surface area contributed by atoms with E-state index in [9.17, 15) is 9.59 Å². The Labute approximate surface area is 116 Å². The van der Waals surface area contributed by atoms with Crippen molar-refractivity contribution in [2.75, 3.05) is 11.4 Å². The zero-order chi connectivity index (χ0) is 14.9. The van der Waals surface area contributed by atoms with Gasteiger partial charge in [-0.05, 0) is 31.5 Å². The maximum atomic E-state index is 12.4. The zero-order valence-corrected chi connectivity index (χ0v) is 11.5. The van der Waals surface area contributed by atoms with Crippen molar-refractivity contribution < 1.29 is 14.3 Å². The predicted octanol–water partition coefficient (Wildman–Crippen LogP) is -0.361. The lowest BCUT2D eigenvalue weighted by molar-refractivity contribution is -0.134. The SMILES string of the molecule is CC1(C)Oc2cc(CN)ccc2N(CC(=O)NN)C1=O. The molecule has 1 aromatic rings. The highest BCUT2D eigenvalue weighted by molar-refractivity contribution is 6.05. The number of nitrogens with zero attached hydrogens (tertiary/aromatic N) is 1. The lowest BCUT2D eigenvalue weighted by atomic mass is 10.0. The Balaban J connectivity index is 2.46. The van der Waals surface area contributed by atoms with Crippen LogP contribution in [0, 0.1) is 0 Å². The van der Waals surface area contributed by atoms with Crippen molar-refractivity contribution in [1.82, 2.24) is 5.43 Å². The van der Waals surface area contributed by atoms with Gasteiger partial charge < -0.3 is 10.5 Å². The highest BCUT2D eigenvalue weighted by atomic mass is 16.5. The number of benzene rings is 1. The van der Waals surface area contributed by atoms with Gasteiger partial charge in [0.15, 0.2) is 5.60 Å². The van der Waals surface area contributed by atoms with E-state index in [0.29, 0.717) is 18.0 Å². The molecular formula is C13H18N4O3. The number of nitrogens with two attached hydrogens (primary N) is 2. The summed E-state index contributed by atoms with van der Waals surface area (Å²) < 4.78 is 5.71. The Bertz CT molecular complexity index is 557. The highest BCUT2D eigenvalue weighted by Crippen LogP contribution is 2.38. The normalized spacial score (nSPS) is 16.4. The summed E-state index contributed by atoms with van der Waals surface area (Å²) in [6, 6.07) is 5.28. The van der Waals surface area contributed by atoms with Crippen LogP contribution in [0.4, 0.5) is 5.69 Å². The highest BCUT2D eigenvalue weighted by Gasteiger charge is 2.41. The standard InChI is InChI=1S/C13H18N4O3/c1-13(2)12(19)17(7-11(18)16-15)9-4-3-8(6-14)5-10(9)20-13/h3-5H,6-7,14-15H2,1-2H3,(H,16,18). The molecule has 20 heavy (non-hydrogen) atoms. The molecule has 0 spiro atoms. The molecule has 7 heteroatoms. The average Bonchev–Trinajstić information content (AvgIpc) is 2.42. The van der Waals surface area contributed by atoms with Crippen molar-refractivity contribution in [2.24, 2.45) is 11.6 Å². The van der Waals surface area contributed by atoms with Crippen LogP contribution in [0.25, 0.3) is 0 Å². The number of nitrogens with one attached hydrogen (secondary N) is 1. The monoisotopic (exact) mass is 278 g/mol. The Morgan fingerprint density at radius 2 is 2.15 bits per heavy atom. The number of fused-ring (bicyclic) bond motifs is 1. The van der Waals surface area contributed by atoms with Crippen molar-refractivity contribution >= 4 is 17.5 Å². The number of hydrazine groups is 1. The molecule has 0 saturated carbocycles. The van der Waals surface area contributed by atoms with Crippen LogP contribution in [0.5, 0.6) is 5.75 Å². The van der Waals surface area contributed by atoms with Gasteiger partial charge in [-0.25, -0.2) is 5.84 Å². The number of amides is 2. The lowest BCUT2D eigenvalue weighted by Gasteiger charge is -2.38. The molecule has 0 bridgehead atoms. The Morgan fingerprint density at radius 1 is 1.45 bits per heavy atom. The van der Waals surface area contributed by atoms with E-state index in [1.807, 2.05) is 5.43 Å². The number of rotatable bonds is 3. The summed E-state index contributed by atoms with van der Waals surface area (Å²) in [6.07, 6.45) is 0. The Hall–Kier alpha value is -2.12. The van der Waals surface area contributed by atoms with Crippen molar-refractivity contribution in [1.29, 1.82) is 0 Å². The Morgan fingerprint density at radius 3 is 2.75 bits per heavy atom. The van der Waals surface area contributed by atoms with Crippen molar-refractivity contribution in [3.8, 4) is 5.75 Å². The zero-order valence-electron chi connectivity index (χ0n) is 11.5. The molecule has 1 aliphatic heterocycles. The second-order valence-electron chi connectivity index (χ2n) is 5.08. The summed E-state index contributed by atoms with van der Waals surface area (Å²) in [5, 5.41) is 0. The van der Waals surface area contributed by atoms with Gasteiger partial charge in [-0.1, -0.05) is 6.07 Å². The number of ether oxygens (including phenoxy) is 1. The van der Waals surface area contributed by atoms with Gasteiger partial charge in [-0.15, -0.1) is 0 Å². The fourth-order valence-corrected chi connectivity index (χ4v) is 2.09. The quantitative estimate of drug-likeness (QED) is 0.397. The molecule has 5 N–H and O–H groups in total. The van der Waals surface area contributed by atoms with E-state index in [1.54, 1.807) is 32.0 Å². The molecular weight excluding hydrogens is 260 g/mol. The molecule has 2 rings (SSSR count). The molecule has 0 radical (unpaired) electrons. The van der Waals surface area contributed by atoms with E-state index in [0.717, 1.165) is 5.56 Å². The number of anilines is 1. The van der Waals surface area contributed by atoms with Crippen LogP contribution < -0.4 is 26.6 Å². The maximum absolute atomic E-state index is 12.4. The molecule has 108 valence electrons. The summed E-state index contributed by atoms with van der Waals surface area (Å²) in [5.41, 5.74) is 7.99. The first-order chi connectivity index (χ1) is 9.39. The maximum Gasteiger partial charge on any atom is 0.271 e. The van der Waals surface area contributed by atoms with E-state index in [-0.39, 0.29) is 12.5 Å². The Kier molecular flexibility index (Phi) is 3.65. The smallest absolute Gasteiger partial charge is 0.271 e. The van der Waals surface area contributed by atoms with Crippen LogP contribution in [0.3, 0.4) is 0 Å². The molecule has 1 heterocycles.